The number of carbonyl (C=O) groups excluding carboxylic acids is 1. The van der Waals surface area contributed by atoms with Gasteiger partial charge in [0.25, 0.3) is 0 Å². The summed E-state index contributed by atoms with van der Waals surface area (Å²) >= 11 is 0. The first kappa shape index (κ1) is 15.2. The van der Waals surface area contributed by atoms with E-state index in [-0.39, 0.29) is 11.1 Å². The molecule has 1 atom stereocenters. The monoisotopic (exact) mass is 298 g/mol. The van der Waals surface area contributed by atoms with Crippen molar-refractivity contribution >= 4 is 17.7 Å². The topological polar surface area (TPSA) is 78.4 Å². The van der Waals surface area contributed by atoms with Gasteiger partial charge in [0, 0.05) is 12.6 Å². The maximum Gasteiger partial charge on any atom is 0.338 e. The number of aromatic carboxylic acids is 1. The van der Waals surface area contributed by atoms with Crippen LogP contribution < -0.4 is 10.6 Å². The largest absolute Gasteiger partial charge is 0.478 e. The molecule has 2 rings (SSSR count). The number of anilines is 1. The van der Waals surface area contributed by atoms with Crippen molar-refractivity contribution in [2.24, 2.45) is 11.3 Å². The highest BCUT2D eigenvalue weighted by molar-refractivity contribution is 5.93. The Morgan fingerprint density at radius 3 is 2.48 bits per heavy atom. The van der Waals surface area contributed by atoms with E-state index in [4.69, 9.17) is 5.11 Å². The molecule has 0 spiro atoms. The number of carbonyl (C=O) groups is 2. The van der Waals surface area contributed by atoms with Crippen LogP contribution in [0, 0.1) is 23.0 Å². The summed E-state index contributed by atoms with van der Waals surface area (Å²) in [7, 11) is 0. The quantitative estimate of drug-likeness (QED) is 0.799. The van der Waals surface area contributed by atoms with Crippen LogP contribution in [0.25, 0.3) is 0 Å². The van der Waals surface area contributed by atoms with Crippen molar-refractivity contribution in [3.8, 4) is 0 Å². The smallest absolute Gasteiger partial charge is 0.338 e. The Labute approximate surface area is 120 Å². The van der Waals surface area contributed by atoms with Gasteiger partial charge in [0.2, 0.25) is 0 Å². The third kappa shape index (κ3) is 3.48. The highest BCUT2D eigenvalue weighted by Gasteiger charge is 2.45. The van der Waals surface area contributed by atoms with Gasteiger partial charge in [0.05, 0.1) is 11.3 Å². The Balaban J connectivity index is 2.00. The minimum Gasteiger partial charge on any atom is -0.478 e. The molecule has 2 amide bonds. The molecule has 1 aromatic carbocycles. The molecule has 0 heterocycles. The second-order valence-corrected chi connectivity index (χ2v) is 5.84. The number of urea groups is 1. The Bertz CT molecular complexity index is 602. The first-order chi connectivity index (χ1) is 9.70. The van der Waals surface area contributed by atoms with E-state index in [2.05, 4.69) is 24.5 Å². The van der Waals surface area contributed by atoms with Gasteiger partial charge in [0.1, 0.15) is 11.6 Å². The lowest BCUT2D eigenvalue weighted by molar-refractivity contribution is 0.0692. The van der Waals surface area contributed by atoms with Crippen molar-refractivity contribution < 1.29 is 23.5 Å². The van der Waals surface area contributed by atoms with Crippen LogP contribution in [-0.2, 0) is 0 Å². The number of rotatable bonds is 4. The van der Waals surface area contributed by atoms with Crippen LogP contribution in [-0.4, -0.2) is 23.7 Å². The van der Waals surface area contributed by atoms with Gasteiger partial charge in [-0.2, -0.15) is 0 Å². The molecule has 0 aromatic heterocycles. The normalized spacial score (nSPS) is 19.0. The molecule has 0 radical (unpaired) electrons. The first-order valence-electron chi connectivity index (χ1n) is 6.48. The van der Waals surface area contributed by atoms with E-state index in [0.717, 1.165) is 12.5 Å². The molecular formula is C14H16F2N2O3. The highest BCUT2D eigenvalue weighted by atomic mass is 19.1. The molecule has 1 aliphatic rings. The second-order valence-electron chi connectivity index (χ2n) is 5.84. The molecule has 1 fully saturated rings. The van der Waals surface area contributed by atoms with E-state index in [9.17, 15) is 18.4 Å². The third-order valence-electron chi connectivity index (χ3n) is 3.76. The molecule has 21 heavy (non-hydrogen) atoms. The maximum atomic E-state index is 13.5. The van der Waals surface area contributed by atoms with Gasteiger partial charge in [-0.25, -0.2) is 18.4 Å². The molecule has 3 N–H and O–H groups in total. The molecule has 7 heteroatoms. The molecule has 114 valence electrons. The maximum absolute atomic E-state index is 13.5. The molecule has 0 aliphatic heterocycles. The molecule has 1 aromatic rings. The number of hydrogen-bond donors (Lipinski definition) is 3. The highest BCUT2D eigenvalue weighted by Crippen LogP contribution is 2.50. The van der Waals surface area contributed by atoms with Crippen molar-refractivity contribution in [2.45, 2.75) is 20.3 Å². The molecule has 1 unspecified atom stereocenters. The fourth-order valence-electron chi connectivity index (χ4n) is 2.12. The summed E-state index contributed by atoms with van der Waals surface area (Å²) in [6, 6.07) is 0.538. The van der Waals surface area contributed by atoms with Crippen molar-refractivity contribution in [3.05, 3.63) is 29.3 Å². The Kier molecular flexibility index (Phi) is 3.85. The van der Waals surface area contributed by atoms with Gasteiger partial charge < -0.3 is 15.7 Å². The van der Waals surface area contributed by atoms with Crippen molar-refractivity contribution in [2.75, 3.05) is 11.9 Å². The van der Waals surface area contributed by atoms with E-state index >= 15 is 0 Å². The van der Waals surface area contributed by atoms with Crippen molar-refractivity contribution in [1.82, 2.24) is 5.32 Å². The summed E-state index contributed by atoms with van der Waals surface area (Å²) in [5.41, 5.74) is -0.874. The van der Waals surface area contributed by atoms with E-state index in [0.29, 0.717) is 18.5 Å². The zero-order valence-corrected chi connectivity index (χ0v) is 11.7. The van der Waals surface area contributed by atoms with Crippen LogP contribution in [0.4, 0.5) is 19.3 Å². The average molecular weight is 298 g/mol. The van der Waals surface area contributed by atoms with Gasteiger partial charge >= 0.3 is 12.0 Å². The number of carboxylic acids is 1. The predicted octanol–water partition coefficient (Wildman–Crippen LogP) is 2.83. The van der Waals surface area contributed by atoms with Crippen LogP contribution in [0.3, 0.4) is 0 Å². The molecule has 5 nitrogen and oxygen atoms in total. The lowest BCUT2D eigenvalue weighted by Crippen LogP contribution is -2.31. The second kappa shape index (κ2) is 5.31. The van der Waals surface area contributed by atoms with Crippen LogP contribution in [0.5, 0.6) is 0 Å². The van der Waals surface area contributed by atoms with E-state index in [1.165, 1.54) is 0 Å². The van der Waals surface area contributed by atoms with E-state index in [1.54, 1.807) is 0 Å². The minimum atomic E-state index is -1.53. The van der Waals surface area contributed by atoms with Crippen LogP contribution >= 0.6 is 0 Å². The Morgan fingerprint density at radius 1 is 1.33 bits per heavy atom. The van der Waals surface area contributed by atoms with Crippen LogP contribution in [0.2, 0.25) is 0 Å². The third-order valence-corrected chi connectivity index (χ3v) is 3.76. The van der Waals surface area contributed by atoms with Crippen LogP contribution in [0.15, 0.2) is 12.1 Å². The van der Waals surface area contributed by atoms with Crippen molar-refractivity contribution in [1.29, 1.82) is 0 Å². The number of amides is 2. The van der Waals surface area contributed by atoms with Gasteiger partial charge in [0.15, 0.2) is 0 Å². The summed E-state index contributed by atoms with van der Waals surface area (Å²) in [6.07, 6.45) is 1.00. The number of carboxylic acid groups (broad SMARTS) is 1. The number of hydrogen-bond acceptors (Lipinski definition) is 2. The van der Waals surface area contributed by atoms with Gasteiger partial charge in [-0.1, -0.05) is 13.8 Å². The SMILES string of the molecule is CC1(C)CC1CNC(=O)Nc1cc(C(=O)O)c(F)cc1F. The molecule has 0 bridgehead atoms. The Morgan fingerprint density at radius 2 is 1.95 bits per heavy atom. The summed E-state index contributed by atoms with van der Waals surface area (Å²) in [5.74, 6) is -3.38. The molecular weight excluding hydrogens is 282 g/mol. The van der Waals surface area contributed by atoms with Gasteiger partial charge in [-0.15, -0.1) is 0 Å². The lowest BCUT2D eigenvalue weighted by Gasteiger charge is -2.10. The summed E-state index contributed by atoms with van der Waals surface area (Å²) in [4.78, 5) is 22.4. The molecule has 1 saturated carbocycles. The number of nitrogens with one attached hydrogen (secondary N) is 2. The average Bonchev–Trinajstić information content (AvgIpc) is 2.97. The Hall–Kier alpha value is -2.18. The van der Waals surface area contributed by atoms with Gasteiger partial charge in [-0.05, 0) is 23.8 Å². The fraction of sp³-hybridized carbons (Fsp3) is 0.429. The van der Waals surface area contributed by atoms with E-state index < -0.39 is 29.2 Å². The predicted molar refractivity (Wildman–Crippen MR) is 72.2 cm³/mol. The fourth-order valence-corrected chi connectivity index (χ4v) is 2.12. The first-order valence-corrected chi connectivity index (χ1v) is 6.48. The number of halogens is 2. The number of benzene rings is 1. The molecule has 1 aliphatic carbocycles. The van der Waals surface area contributed by atoms with Crippen molar-refractivity contribution in [3.63, 3.8) is 0 Å². The van der Waals surface area contributed by atoms with Crippen LogP contribution in [0.1, 0.15) is 30.6 Å². The zero-order chi connectivity index (χ0) is 15.8. The van der Waals surface area contributed by atoms with Gasteiger partial charge in [-0.3, -0.25) is 0 Å². The molecule has 0 saturated heterocycles. The van der Waals surface area contributed by atoms with E-state index in [1.807, 2.05) is 0 Å². The lowest BCUT2D eigenvalue weighted by atomic mass is 10.1. The zero-order valence-electron chi connectivity index (χ0n) is 11.7. The summed E-state index contributed by atoms with van der Waals surface area (Å²) in [5, 5.41) is 13.5. The summed E-state index contributed by atoms with van der Waals surface area (Å²) in [6.45, 7) is 4.61. The summed E-state index contributed by atoms with van der Waals surface area (Å²) < 4.78 is 26.7. The standard InChI is InChI=1S/C14H16F2N2O3/c1-14(2)5-7(14)6-17-13(21)18-11-3-8(12(19)20)9(15)4-10(11)16/h3-4,7H,5-6H2,1-2H3,(H,19,20)(H2,17,18,21). The minimum absolute atomic E-state index is 0.199.